The lowest BCUT2D eigenvalue weighted by atomic mass is 9.98. The van der Waals surface area contributed by atoms with Crippen molar-refractivity contribution >= 4 is 35.6 Å². The van der Waals surface area contributed by atoms with Gasteiger partial charge >= 0.3 is 18.1 Å². The number of aromatic hydroxyl groups is 1. The van der Waals surface area contributed by atoms with Crippen LogP contribution >= 0.6 is 0 Å². The van der Waals surface area contributed by atoms with Crippen molar-refractivity contribution in [3.05, 3.63) is 58.7 Å². The molecule has 7 rings (SSSR count). The number of carbonyl (C=O) groups excluding carboxylic acids is 5. The number of likely N-dealkylation sites (tertiary alicyclic amines) is 3. The maximum atomic E-state index is 14.2. The van der Waals surface area contributed by atoms with Crippen molar-refractivity contribution in [2.75, 3.05) is 90.5 Å². The van der Waals surface area contributed by atoms with Crippen LogP contribution in [0.2, 0.25) is 0 Å². The number of aryl methyl sites for hydroxylation is 2. The fourth-order valence-corrected chi connectivity index (χ4v) is 9.39. The Morgan fingerprint density at radius 3 is 2.18 bits per heavy atom. The summed E-state index contributed by atoms with van der Waals surface area (Å²) < 4.78 is 11.6. The lowest BCUT2D eigenvalue weighted by Gasteiger charge is -2.43. The van der Waals surface area contributed by atoms with E-state index < -0.39 is 12.2 Å². The number of esters is 1. The normalized spacial score (nSPS) is 20.4. The summed E-state index contributed by atoms with van der Waals surface area (Å²) in [5.74, 6) is -0.134. The van der Waals surface area contributed by atoms with E-state index in [4.69, 9.17) is 9.47 Å². The molecule has 2 N–H and O–H groups in total. The Morgan fingerprint density at radius 1 is 0.817 bits per heavy atom. The van der Waals surface area contributed by atoms with E-state index in [2.05, 4.69) is 15.1 Å². The maximum Gasteiger partial charge on any atom is 0.410 e. The molecule has 328 valence electrons. The summed E-state index contributed by atoms with van der Waals surface area (Å²) in [6.07, 6.45) is 4.71. The van der Waals surface area contributed by atoms with Gasteiger partial charge in [-0.2, -0.15) is 0 Å². The molecular weight excluding hydrogens is 767 g/mol. The van der Waals surface area contributed by atoms with E-state index in [-0.39, 0.29) is 62.6 Å². The average molecular weight is 832 g/mol. The topological polar surface area (TPSA) is 156 Å². The van der Waals surface area contributed by atoms with Gasteiger partial charge in [-0.1, -0.05) is 37.8 Å². The van der Waals surface area contributed by atoms with Gasteiger partial charge in [-0.3, -0.25) is 24.2 Å². The molecule has 0 aliphatic carbocycles. The van der Waals surface area contributed by atoms with Gasteiger partial charge in [0.05, 0.1) is 13.1 Å². The van der Waals surface area contributed by atoms with Gasteiger partial charge in [-0.05, 0) is 87.1 Å². The minimum Gasteiger partial charge on any atom is -0.507 e. The molecule has 0 unspecified atom stereocenters. The smallest absolute Gasteiger partial charge is 0.410 e. The predicted molar refractivity (Wildman–Crippen MR) is 228 cm³/mol. The average Bonchev–Trinajstić information content (AvgIpc) is 3.41. The highest BCUT2D eigenvalue weighted by Crippen LogP contribution is 2.28. The Bertz CT molecular complexity index is 1810. The van der Waals surface area contributed by atoms with Crippen LogP contribution in [0, 0.1) is 13.8 Å². The SMILES string of the molecule is C.Cc1cc(C[C@@H](OC(=O)N2CCC(N3CCc4ccccc4NC3=O)CC2)C(=O)N2CCC(N3CCN(CC(=O)OCCN4CCCCC4=O)CC3)CC2)cc(C)c1O. The minimum absolute atomic E-state index is 0. The van der Waals surface area contributed by atoms with E-state index in [9.17, 15) is 29.1 Å². The van der Waals surface area contributed by atoms with Crippen molar-refractivity contribution in [3.8, 4) is 5.75 Å². The molecule has 2 aromatic carbocycles. The zero-order valence-electron chi connectivity index (χ0n) is 34.7. The quantitative estimate of drug-likeness (QED) is 0.312. The van der Waals surface area contributed by atoms with Gasteiger partial charge in [0.2, 0.25) is 5.91 Å². The van der Waals surface area contributed by atoms with Gasteiger partial charge in [-0.25, -0.2) is 9.59 Å². The number of ether oxygens (including phenoxy) is 2. The summed E-state index contributed by atoms with van der Waals surface area (Å²) in [7, 11) is 0. The number of anilines is 1. The lowest BCUT2D eigenvalue weighted by Crippen LogP contribution is -2.55. The third-order valence-corrected chi connectivity index (χ3v) is 12.9. The number of rotatable bonds is 11. The number of fused-ring (bicyclic) bond motifs is 1. The van der Waals surface area contributed by atoms with E-state index in [0.29, 0.717) is 75.7 Å². The molecule has 5 heterocycles. The van der Waals surface area contributed by atoms with Crippen LogP contribution in [-0.4, -0.2) is 168 Å². The Balaban J connectivity index is 0.00000604. The molecular formula is C45H65N7O8. The fourth-order valence-electron chi connectivity index (χ4n) is 9.39. The molecule has 5 amide bonds. The van der Waals surface area contributed by atoms with Gasteiger partial charge < -0.3 is 39.5 Å². The number of phenolic OH excluding ortho intramolecular Hbond substituents is 1. The molecule has 1 atom stereocenters. The summed E-state index contributed by atoms with van der Waals surface area (Å²) in [5.41, 5.74) is 4.16. The predicted octanol–water partition coefficient (Wildman–Crippen LogP) is 4.41. The summed E-state index contributed by atoms with van der Waals surface area (Å²) in [6.45, 7) is 11.0. The number of benzene rings is 2. The highest BCUT2D eigenvalue weighted by atomic mass is 16.6. The first-order valence-electron chi connectivity index (χ1n) is 21.6. The zero-order chi connectivity index (χ0) is 41.5. The maximum absolute atomic E-state index is 14.2. The molecule has 0 saturated carbocycles. The summed E-state index contributed by atoms with van der Waals surface area (Å²) in [6, 6.07) is 11.7. The van der Waals surface area contributed by atoms with Crippen LogP contribution in [0.5, 0.6) is 5.75 Å². The Kier molecular flexibility index (Phi) is 15.3. The molecule has 15 nitrogen and oxygen atoms in total. The van der Waals surface area contributed by atoms with E-state index in [1.807, 2.05) is 60.0 Å². The molecule has 5 aliphatic heterocycles. The Labute approximate surface area is 354 Å². The van der Waals surface area contributed by atoms with Crippen molar-refractivity contribution in [3.63, 3.8) is 0 Å². The molecule has 4 saturated heterocycles. The lowest BCUT2D eigenvalue weighted by molar-refractivity contribution is -0.148. The van der Waals surface area contributed by atoms with E-state index >= 15 is 0 Å². The Morgan fingerprint density at radius 2 is 1.48 bits per heavy atom. The van der Waals surface area contributed by atoms with Crippen molar-refractivity contribution in [1.82, 2.24) is 29.4 Å². The van der Waals surface area contributed by atoms with E-state index in [1.54, 1.807) is 9.80 Å². The monoisotopic (exact) mass is 831 g/mol. The van der Waals surface area contributed by atoms with E-state index in [1.165, 1.54) is 0 Å². The number of nitrogens with zero attached hydrogens (tertiary/aromatic N) is 6. The van der Waals surface area contributed by atoms with Crippen molar-refractivity contribution in [2.45, 2.75) is 97.2 Å². The van der Waals surface area contributed by atoms with Gasteiger partial charge in [0.25, 0.3) is 5.91 Å². The number of hydrogen-bond acceptors (Lipinski definition) is 10. The molecule has 60 heavy (non-hydrogen) atoms. The van der Waals surface area contributed by atoms with Crippen LogP contribution in [0.3, 0.4) is 0 Å². The molecule has 15 heteroatoms. The van der Waals surface area contributed by atoms with E-state index in [0.717, 1.165) is 81.6 Å². The number of urea groups is 1. The highest BCUT2D eigenvalue weighted by molar-refractivity contribution is 5.91. The Hall–Kier alpha value is -4.89. The number of hydrogen-bond donors (Lipinski definition) is 2. The van der Waals surface area contributed by atoms with Gasteiger partial charge in [-0.15, -0.1) is 0 Å². The van der Waals surface area contributed by atoms with Crippen LogP contribution in [0.1, 0.15) is 74.6 Å². The van der Waals surface area contributed by atoms with Crippen LogP contribution in [0.4, 0.5) is 15.3 Å². The van der Waals surface area contributed by atoms with Crippen LogP contribution in [0.25, 0.3) is 0 Å². The van der Waals surface area contributed by atoms with Gasteiger partial charge in [0.15, 0.2) is 6.10 Å². The van der Waals surface area contributed by atoms with Crippen molar-refractivity contribution in [2.24, 2.45) is 0 Å². The fraction of sp³-hybridized carbons (Fsp3) is 0.622. The highest BCUT2D eigenvalue weighted by Gasteiger charge is 2.37. The number of piperazine rings is 1. The molecule has 2 aromatic rings. The molecule has 0 radical (unpaired) electrons. The van der Waals surface area contributed by atoms with Gasteiger partial charge in [0.1, 0.15) is 12.4 Å². The first-order chi connectivity index (χ1) is 28.5. The van der Waals surface area contributed by atoms with Crippen LogP contribution in [-0.2, 0) is 36.7 Å². The number of amides is 5. The molecule has 0 bridgehead atoms. The number of para-hydroxylation sites is 1. The van der Waals surface area contributed by atoms with Crippen LogP contribution < -0.4 is 5.32 Å². The van der Waals surface area contributed by atoms with Gasteiger partial charge in [0, 0.05) is 96.1 Å². The van der Waals surface area contributed by atoms with Crippen molar-refractivity contribution in [1.29, 1.82) is 0 Å². The first kappa shape index (κ1) is 44.7. The summed E-state index contributed by atoms with van der Waals surface area (Å²) in [4.78, 5) is 77.4. The molecule has 5 aliphatic rings. The first-order valence-corrected chi connectivity index (χ1v) is 21.6. The van der Waals surface area contributed by atoms with Crippen molar-refractivity contribution < 1.29 is 38.6 Å². The number of piperidine rings is 3. The zero-order valence-corrected chi connectivity index (χ0v) is 34.7. The third kappa shape index (κ3) is 11.1. The molecule has 0 aromatic heterocycles. The number of nitrogens with one attached hydrogen (secondary N) is 1. The third-order valence-electron chi connectivity index (χ3n) is 12.9. The number of phenols is 1. The summed E-state index contributed by atoms with van der Waals surface area (Å²) >= 11 is 0. The molecule has 0 spiro atoms. The standard InChI is InChI=1S/C44H61N7O8.CH4/c1-31-27-33(28-32(2)41(31)54)29-38(59-44(57)50-18-13-36(14-19-50)51-20-10-34-7-3-4-8-37(34)45-43(51)56)42(55)49-16-11-35(12-17-49)47-23-21-46(22-24-47)30-40(53)58-26-25-48-15-6-5-9-39(48)52;/h3-4,7-8,27-28,35-36,38,54H,5-6,9-26,29-30H2,1-2H3,(H,45,56);1H4/t38-;/m1./s1. The second kappa shape index (κ2) is 20.6. The largest absolute Gasteiger partial charge is 0.507 e. The second-order valence-electron chi connectivity index (χ2n) is 16.8. The minimum atomic E-state index is -1.03. The second-order valence-corrected chi connectivity index (χ2v) is 16.8. The van der Waals surface area contributed by atoms with Crippen LogP contribution in [0.15, 0.2) is 36.4 Å². The summed E-state index contributed by atoms with van der Waals surface area (Å²) in [5, 5.41) is 13.5. The molecule has 4 fully saturated rings. The number of carbonyl (C=O) groups is 5.